The first-order valence-electron chi connectivity index (χ1n) is 41.3. The monoisotopic (exact) mass is 1340 g/mol. The Kier molecular flexibility index (Phi) is 61.9. The average Bonchev–Trinajstić information content (AvgIpc) is 0.794. The van der Waals surface area contributed by atoms with Gasteiger partial charge in [0, 0.05) is 6.42 Å². The molecule has 0 saturated carbocycles. The zero-order valence-electron chi connectivity index (χ0n) is 61.5. The molecule has 94 heavy (non-hydrogen) atoms. The summed E-state index contributed by atoms with van der Waals surface area (Å²) >= 11 is 0. The van der Waals surface area contributed by atoms with Crippen molar-refractivity contribution in [2.24, 2.45) is 0 Å². The lowest BCUT2D eigenvalue weighted by Crippen LogP contribution is -2.65. The van der Waals surface area contributed by atoms with Gasteiger partial charge in [-0.2, -0.15) is 0 Å². The first-order chi connectivity index (χ1) is 46.1. The molecule has 2 saturated heterocycles. The van der Waals surface area contributed by atoms with Crippen LogP contribution in [0.15, 0.2) is 0 Å². The summed E-state index contributed by atoms with van der Waals surface area (Å²) in [5.41, 5.74) is 0. The molecule has 14 heteroatoms. The van der Waals surface area contributed by atoms with Crippen LogP contribution in [0.5, 0.6) is 0 Å². The minimum Gasteiger partial charge on any atom is -0.394 e. The predicted molar refractivity (Wildman–Crippen MR) is 388 cm³/mol. The van der Waals surface area contributed by atoms with Crippen LogP contribution in [0, 0.1) is 0 Å². The molecule has 0 aromatic carbocycles. The summed E-state index contributed by atoms with van der Waals surface area (Å²) in [5.74, 6) is -0.194. The number of carbonyl (C=O) groups excluding carboxylic acids is 1. The maximum absolute atomic E-state index is 13.4. The zero-order valence-corrected chi connectivity index (χ0v) is 61.5. The van der Waals surface area contributed by atoms with E-state index in [0.29, 0.717) is 12.8 Å². The van der Waals surface area contributed by atoms with Crippen molar-refractivity contribution in [3.05, 3.63) is 0 Å². The quantitative estimate of drug-likeness (QED) is 0.0259. The van der Waals surface area contributed by atoms with Gasteiger partial charge >= 0.3 is 0 Å². The Labute approximate surface area is 578 Å². The molecular formula is C80H157NO13. The summed E-state index contributed by atoms with van der Waals surface area (Å²) in [6, 6.07) is -0.826. The third-order valence-corrected chi connectivity index (χ3v) is 20.8. The van der Waals surface area contributed by atoms with Gasteiger partial charge in [-0.15, -0.1) is 0 Å². The maximum Gasteiger partial charge on any atom is 0.220 e. The van der Waals surface area contributed by atoms with Gasteiger partial charge in [0.1, 0.15) is 48.8 Å². The third kappa shape index (κ3) is 47.9. The minimum atomic E-state index is -1.78. The van der Waals surface area contributed by atoms with Crippen LogP contribution in [0.3, 0.4) is 0 Å². The molecule has 0 aromatic heterocycles. The SMILES string of the molecule is CCCCCCCCCCCCCCCCCCCCCCCCCCCCCCCCCCCC(=O)NC(COC1OC(CO)C(OC2OC(CO)C(O)C(O)C2O)C(O)C1O)C(O)CCCCCCCCCCCCCCCCCCCCCCCCCCCCC. The van der Waals surface area contributed by atoms with Crippen molar-refractivity contribution in [1.82, 2.24) is 5.32 Å². The number of nitrogens with one attached hydrogen (secondary N) is 1. The highest BCUT2D eigenvalue weighted by Crippen LogP contribution is 2.31. The van der Waals surface area contributed by atoms with Crippen molar-refractivity contribution in [2.75, 3.05) is 19.8 Å². The van der Waals surface area contributed by atoms with E-state index in [1.165, 1.54) is 334 Å². The molecule has 2 fully saturated rings. The van der Waals surface area contributed by atoms with E-state index in [2.05, 4.69) is 19.2 Å². The number of unbranched alkanes of at least 4 members (excludes halogenated alkanes) is 58. The van der Waals surface area contributed by atoms with Crippen molar-refractivity contribution in [3.8, 4) is 0 Å². The van der Waals surface area contributed by atoms with Gasteiger partial charge in [0.05, 0.1) is 32.0 Å². The second-order valence-corrected chi connectivity index (χ2v) is 29.6. The Hall–Kier alpha value is -1.01. The molecule has 2 aliphatic heterocycles. The molecule has 12 unspecified atom stereocenters. The number of aliphatic hydroxyl groups is 8. The molecule has 9 N–H and O–H groups in total. The number of rotatable bonds is 71. The van der Waals surface area contributed by atoms with Crippen molar-refractivity contribution in [1.29, 1.82) is 0 Å². The Bertz CT molecular complexity index is 1580. The highest BCUT2D eigenvalue weighted by molar-refractivity contribution is 5.76. The molecule has 0 aliphatic carbocycles. The van der Waals surface area contributed by atoms with E-state index in [1.807, 2.05) is 0 Å². The van der Waals surface area contributed by atoms with Crippen LogP contribution in [-0.2, 0) is 23.7 Å². The van der Waals surface area contributed by atoms with Crippen LogP contribution in [0.4, 0.5) is 0 Å². The second-order valence-electron chi connectivity index (χ2n) is 29.6. The molecule has 0 bridgehead atoms. The van der Waals surface area contributed by atoms with Gasteiger partial charge < -0.3 is 65.1 Å². The summed E-state index contributed by atoms with van der Waals surface area (Å²) < 4.78 is 23.0. The Morgan fingerprint density at radius 1 is 0.340 bits per heavy atom. The fraction of sp³-hybridized carbons (Fsp3) is 0.988. The van der Waals surface area contributed by atoms with Gasteiger partial charge in [0.2, 0.25) is 5.91 Å². The molecule has 14 nitrogen and oxygen atoms in total. The van der Waals surface area contributed by atoms with E-state index >= 15 is 0 Å². The molecule has 2 rings (SSSR count). The molecule has 0 radical (unpaired) electrons. The molecule has 2 aliphatic rings. The summed E-state index contributed by atoms with van der Waals surface area (Å²) in [4.78, 5) is 13.4. The number of ether oxygens (including phenoxy) is 4. The first-order valence-corrected chi connectivity index (χ1v) is 41.3. The normalized spacial score (nSPS) is 22.3. The second kappa shape index (κ2) is 65.3. The predicted octanol–water partition coefficient (Wildman–Crippen LogP) is 18.7. The minimum absolute atomic E-state index is 0.194. The number of hydrogen-bond acceptors (Lipinski definition) is 13. The number of aliphatic hydroxyl groups excluding tert-OH is 8. The van der Waals surface area contributed by atoms with Crippen LogP contribution in [0.1, 0.15) is 412 Å². The molecule has 12 atom stereocenters. The molecule has 560 valence electrons. The summed E-state index contributed by atoms with van der Waals surface area (Å²) in [7, 11) is 0. The maximum atomic E-state index is 13.4. The topological polar surface area (TPSA) is 228 Å². The van der Waals surface area contributed by atoms with Gasteiger partial charge in [-0.25, -0.2) is 0 Å². The van der Waals surface area contributed by atoms with Gasteiger partial charge in [0.15, 0.2) is 12.6 Å². The van der Waals surface area contributed by atoms with E-state index in [4.69, 9.17) is 18.9 Å². The van der Waals surface area contributed by atoms with Crippen molar-refractivity contribution in [3.63, 3.8) is 0 Å². The van der Waals surface area contributed by atoms with Crippen molar-refractivity contribution < 1.29 is 64.6 Å². The lowest BCUT2D eigenvalue weighted by atomic mass is 9.97. The van der Waals surface area contributed by atoms with Gasteiger partial charge in [-0.05, 0) is 12.8 Å². The number of amides is 1. The highest BCUT2D eigenvalue weighted by Gasteiger charge is 2.51. The van der Waals surface area contributed by atoms with Crippen molar-refractivity contribution in [2.45, 2.75) is 485 Å². The summed E-state index contributed by atoms with van der Waals surface area (Å²) in [6.45, 7) is 2.95. The number of carbonyl (C=O) groups is 1. The van der Waals surface area contributed by atoms with Crippen LogP contribution >= 0.6 is 0 Å². The Morgan fingerprint density at radius 3 is 0.904 bits per heavy atom. The van der Waals surface area contributed by atoms with Crippen molar-refractivity contribution >= 4 is 5.91 Å². The Balaban J connectivity index is 1.58. The van der Waals surface area contributed by atoms with Crippen LogP contribution < -0.4 is 5.32 Å². The zero-order chi connectivity index (χ0) is 68.0. The van der Waals surface area contributed by atoms with Crippen LogP contribution in [0.2, 0.25) is 0 Å². The van der Waals surface area contributed by atoms with Gasteiger partial charge in [-0.3, -0.25) is 4.79 Å². The lowest BCUT2D eigenvalue weighted by Gasteiger charge is -2.46. The summed E-state index contributed by atoms with van der Waals surface area (Å²) in [6.07, 6.45) is 64.4. The van der Waals surface area contributed by atoms with E-state index < -0.39 is 86.8 Å². The van der Waals surface area contributed by atoms with Crippen LogP contribution in [-0.4, -0.2) is 140 Å². The first kappa shape index (κ1) is 89.1. The lowest BCUT2D eigenvalue weighted by molar-refractivity contribution is -0.359. The fourth-order valence-corrected chi connectivity index (χ4v) is 14.3. The van der Waals surface area contributed by atoms with E-state index in [1.54, 1.807) is 0 Å². The van der Waals surface area contributed by atoms with Gasteiger partial charge in [-0.1, -0.05) is 393 Å². The summed E-state index contributed by atoms with van der Waals surface area (Å²) in [5, 5.41) is 87.9. The average molecular weight is 1340 g/mol. The molecular weight excluding hydrogens is 1180 g/mol. The standard InChI is InChI=1S/C80H157NO13/c1-3-5-7-9-11-13-15-17-19-21-23-25-27-29-31-32-33-34-35-36-38-40-42-44-46-48-50-52-54-56-58-60-62-64-72(85)81-68(67-91-79-77(90)75(88)78(71(66-83)93-79)94-80-76(89)74(87)73(86)70(65-82)92-80)69(84)63-61-59-57-55-53-51-49-47-45-43-41-39-37-30-28-26-24-22-20-18-16-14-12-10-8-6-4-2/h68-71,73-80,82-84,86-90H,3-67H2,1-2H3,(H,81,85). The van der Waals surface area contributed by atoms with E-state index in [9.17, 15) is 45.6 Å². The largest absolute Gasteiger partial charge is 0.394 e. The molecule has 0 aromatic rings. The van der Waals surface area contributed by atoms with Gasteiger partial charge in [0.25, 0.3) is 0 Å². The molecule has 1 amide bonds. The third-order valence-electron chi connectivity index (χ3n) is 20.8. The molecule has 0 spiro atoms. The van der Waals surface area contributed by atoms with E-state index in [-0.39, 0.29) is 12.5 Å². The van der Waals surface area contributed by atoms with Crippen LogP contribution in [0.25, 0.3) is 0 Å². The number of hydrogen-bond donors (Lipinski definition) is 9. The Morgan fingerprint density at radius 2 is 0.606 bits per heavy atom. The fourth-order valence-electron chi connectivity index (χ4n) is 14.3. The smallest absolute Gasteiger partial charge is 0.220 e. The highest BCUT2D eigenvalue weighted by atomic mass is 16.7. The molecule has 2 heterocycles. The van der Waals surface area contributed by atoms with E-state index in [0.717, 1.165) is 51.4 Å².